The van der Waals surface area contributed by atoms with Crippen molar-refractivity contribution in [3.05, 3.63) is 78.6 Å². The van der Waals surface area contributed by atoms with Crippen molar-refractivity contribution >= 4 is 24.8 Å². The highest BCUT2D eigenvalue weighted by molar-refractivity contribution is 7.80. The fourth-order valence-electron chi connectivity index (χ4n) is 3.81. The first kappa shape index (κ1) is 20.5. The highest BCUT2D eigenvalue weighted by atomic mass is 32.1. The average Bonchev–Trinajstić information content (AvgIpc) is 3.47. The van der Waals surface area contributed by atoms with Crippen LogP contribution in [0.2, 0.25) is 0 Å². The van der Waals surface area contributed by atoms with E-state index in [2.05, 4.69) is 32.5 Å². The maximum atomic E-state index is 12.8. The molecule has 4 rings (SSSR count). The summed E-state index contributed by atoms with van der Waals surface area (Å²) in [5.74, 6) is -1.87. The van der Waals surface area contributed by atoms with Crippen molar-refractivity contribution in [2.45, 2.75) is 23.4 Å². The van der Waals surface area contributed by atoms with Gasteiger partial charge in [-0.1, -0.05) is 30.4 Å². The molecule has 0 bridgehead atoms. The lowest BCUT2D eigenvalue weighted by Gasteiger charge is -2.27. The molecule has 0 spiro atoms. The summed E-state index contributed by atoms with van der Waals surface area (Å²) in [4.78, 5) is 35.4. The summed E-state index contributed by atoms with van der Waals surface area (Å²) in [6.07, 6.45) is 9.39. The summed E-state index contributed by atoms with van der Waals surface area (Å²) in [6, 6.07) is 1.28. The lowest BCUT2D eigenvalue weighted by Crippen LogP contribution is -2.31. The van der Waals surface area contributed by atoms with Gasteiger partial charge in [0.1, 0.15) is 5.75 Å². The van der Waals surface area contributed by atoms with Crippen molar-refractivity contribution in [1.82, 2.24) is 19.9 Å². The second-order valence-electron chi connectivity index (χ2n) is 7.46. The second kappa shape index (κ2) is 7.46. The van der Waals surface area contributed by atoms with Crippen LogP contribution in [-0.4, -0.2) is 48.7 Å². The summed E-state index contributed by atoms with van der Waals surface area (Å²) in [5, 5.41) is 21.4. The van der Waals surface area contributed by atoms with Crippen LogP contribution in [0.1, 0.15) is 24.0 Å². The smallest absolute Gasteiger partial charge is 0.259 e. The predicted molar refractivity (Wildman–Crippen MR) is 118 cm³/mol. The van der Waals surface area contributed by atoms with E-state index in [1.165, 1.54) is 6.07 Å². The van der Waals surface area contributed by atoms with Gasteiger partial charge in [0.15, 0.2) is 10.7 Å². The van der Waals surface area contributed by atoms with E-state index >= 15 is 0 Å². The van der Waals surface area contributed by atoms with Crippen molar-refractivity contribution in [3.63, 3.8) is 0 Å². The SMILES string of the molecule is CC1(N2CC2)C=CC=CC(C(c2c(O)cc(S)[nH]c2=O)c2c(O)[nH]c(=S)[nH]c2=O)=C1. The number of pyridine rings is 1. The first-order chi connectivity index (χ1) is 14.2. The minimum absolute atomic E-state index is 0.0511. The van der Waals surface area contributed by atoms with Crippen LogP contribution in [0, 0.1) is 4.77 Å². The number of aromatic hydroxyl groups is 2. The molecule has 1 aliphatic heterocycles. The molecule has 2 atom stereocenters. The van der Waals surface area contributed by atoms with Crippen molar-refractivity contribution < 1.29 is 10.2 Å². The summed E-state index contributed by atoms with van der Waals surface area (Å²) in [6.45, 7) is 3.85. The van der Waals surface area contributed by atoms with Gasteiger partial charge in [-0.15, -0.1) is 12.6 Å². The fraction of sp³-hybridized carbons (Fsp3) is 0.250. The topological polar surface area (TPSA) is 125 Å². The van der Waals surface area contributed by atoms with Crippen LogP contribution in [-0.2, 0) is 0 Å². The number of rotatable bonds is 4. The summed E-state index contributed by atoms with van der Waals surface area (Å²) >= 11 is 9.02. The number of thiol groups is 1. The molecule has 2 aliphatic rings. The normalized spacial score (nSPS) is 21.9. The lowest BCUT2D eigenvalue weighted by molar-refractivity contribution is 0.394. The molecule has 0 radical (unpaired) electrons. The van der Waals surface area contributed by atoms with E-state index in [9.17, 15) is 19.8 Å². The van der Waals surface area contributed by atoms with E-state index in [1.54, 1.807) is 12.2 Å². The molecule has 2 unspecified atom stereocenters. The standard InChI is InChI=1S/C20H20N4O4S2/c1-20(24-6-7-24)5-3-2-4-10(9-20)13(14-11(25)8-12(29)21-16(14)26)15-17(27)22-19(30)23-18(15)28/h2-5,8-9,13H,6-7H2,1H3,(H3,21,25,26,29)(H3,22,23,27,28,30). The second-order valence-corrected chi connectivity index (χ2v) is 8.35. The quantitative estimate of drug-likeness (QED) is 0.244. The highest BCUT2D eigenvalue weighted by Crippen LogP contribution is 2.40. The van der Waals surface area contributed by atoms with Gasteiger partial charge in [-0.05, 0) is 24.7 Å². The third kappa shape index (κ3) is 3.69. The van der Waals surface area contributed by atoms with E-state index in [1.807, 2.05) is 25.2 Å². The molecule has 8 nitrogen and oxygen atoms in total. The molecule has 0 saturated carbocycles. The molecule has 2 aromatic heterocycles. The van der Waals surface area contributed by atoms with Crippen LogP contribution in [0.5, 0.6) is 11.6 Å². The Bertz CT molecular complexity index is 1280. The van der Waals surface area contributed by atoms with Gasteiger partial charge in [-0.25, -0.2) is 0 Å². The van der Waals surface area contributed by atoms with Crippen LogP contribution < -0.4 is 11.1 Å². The first-order valence-corrected chi connectivity index (χ1v) is 10.1. The van der Waals surface area contributed by atoms with Gasteiger partial charge in [0.2, 0.25) is 0 Å². The van der Waals surface area contributed by atoms with Gasteiger partial charge in [0, 0.05) is 19.2 Å². The summed E-state index contributed by atoms with van der Waals surface area (Å²) in [7, 11) is 0. The monoisotopic (exact) mass is 444 g/mol. The number of hydrogen-bond donors (Lipinski definition) is 6. The number of hydrogen-bond acceptors (Lipinski definition) is 7. The van der Waals surface area contributed by atoms with Crippen LogP contribution >= 0.6 is 24.8 Å². The molecular formula is C20H20N4O4S2. The highest BCUT2D eigenvalue weighted by Gasteiger charge is 2.38. The third-order valence-corrected chi connectivity index (χ3v) is 5.77. The Morgan fingerprint density at radius 3 is 2.47 bits per heavy atom. The zero-order valence-electron chi connectivity index (χ0n) is 16.0. The lowest BCUT2D eigenvalue weighted by atomic mass is 9.83. The molecule has 156 valence electrons. The Morgan fingerprint density at radius 2 is 1.83 bits per heavy atom. The van der Waals surface area contributed by atoms with E-state index in [0.717, 1.165) is 13.1 Å². The zero-order chi connectivity index (χ0) is 21.6. The Morgan fingerprint density at radius 1 is 1.13 bits per heavy atom. The average molecular weight is 445 g/mol. The van der Waals surface area contributed by atoms with Gasteiger partial charge < -0.3 is 20.2 Å². The van der Waals surface area contributed by atoms with E-state index in [-0.39, 0.29) is 26.7 Å². The molecule has 1 saturated heterocycles. The van der Waals surface area contributed by atoms with Crippen molar-refractivity contribution in [2.75, 3.05) is 13.1 Å². The maximum absolute atomic E-state index is 12.8. The Balaban J connectivity index is 2.04. The van der Waals surface area contributed by atoms with E-state index in [4.69, 9.17) is 12.2 Å². The molecule has 3 heterocycles. The van der Waals surface area contributed by atoms with Gasteiger partial charge in [-0.3, -0.25) is 19.5 Å². The van der Waals surface area contributed by atoms with Gasteiger partial charge in [0.05, 0.1) is 27.6 Å². The van der Waals surface area contributed by atoms with Gasteiger partial charge >= 0.3 is 0 Å². The number of allylic oxidation sites excluding steroid dienone is 4. The summed E-state index contributed by atoms with van der Waals surface area (Å²) in [5.41, 5.74) is -1.37. The number of H-pyrrole nitrogens is 3. The first-order valence-electron chi connectivity index (χ1n) is 9.24. The molecule has 1 fully saturated rings. The fourth-order valence-corrected chi connectivity index (χ4v) is 4.22. The number of aromatic nitrogens is 3. The Hall–Kier alpha value is -2.82. The van der Waals surface area contributed by atoms with Crippen molar-refractivity contribution in [3.8, 4) is 11.6 Å². The molecule has 0 aromatic carbocycles. The number of nitrogens with one attached hydrogen (secondary N) is 3. The molecule has 0 amide bonds. The van der Waals surface area contributed by atoms with Crippen LogP contribution in [0.25, 0.3) is 0 Å². The number of aromatic amines is 3. The summed E-state index contributed by atoms with van der Waals surface area (Å²) < 4.78 is -0.0511. The Kier molecular flexibility index (Phi) is 5.08. The molecule has 1 aliphatic carbocycles. The largest absolute Gasteiger partial charge is 0.507 e. The predicted octanol–water partition coefficient (Wildman–Crippen LogP) is 2.08. The van der Waals surface area contributed by atoms with Crippen molar-refractivity contribution in [1.29, 1.82) is 0 Å². The van der Waals surface area contributed by atoms with Crippen LogP contribution in [0.4, 0.5) is 0 Å². The minimum Gasteiger partial charge on any atom is -0.507 e. The van der Waals surface area contributed by atoms with Gasteiger partial charge in [-0.2, -0.15) is 0 Å². The molecular weight excluding hydrogens is 424 g/mol. The zero-order valence-corrected chi connectivity index (χ0v) is 17.7. The van der Waals surface area contributed by atoms with Crippen LogP contribution in [0.3, 0.4) is 0 Å². The molecule has 30 heavy (non-hydrogen) atoms. The van der Waals surface area contributed by atoms with Gasteiger partial charge in [0.25, 0.3) is 11.1 Å². The third-order valence-electron chi connectivity index (χ3n) is 5.33. The molecule has 5 N–H and O–H groups in total. The minimum atomic E-state index is -1.06. The number of nitrogens with zero attached hydrogens (tertiary/aromatic N) is 1. The van der Waals surface area contributed by atoms with Crippen LogP contribution in [0.15, 0.2) is 56.6 Å². The Labute approximate surface area is 181 Å². The molecule has 10 heteroatoms. The molecule has 2 aromatic rings. The van der Waals surface area contributed by atoms with Crippen molar-refractivity contribution in [2.24, 2.45) is 0 Å². The van der Waals surface area contributed by atoms with E-state index in [0.29, 0.717) is 5.57 Å². The maximum Gasteiger partial charge on any atom is 0.259 e. The van der Waals surface area contributed by atoms with E-state index < -0.39 is 28.5 Å².